The summed E-state index contributed by atoms with van der Waals surface area (Å²) in [5, 5.41) is 2.44. The molecule has 0 heterocycles. The van der Waals surface area contributed by atoms with Crippen LogP contribution >= 0.6 is 0 Å². The highest BCUT2D eigenvalue weighted by Gasteiger charge is 2.06. The average Bonchev–Trinajstić information content (AvgIpc) is 2.59. The molecule has 3 rings (SSSR count). The molecular weight excluding hydrogens is 270 g/mol. The summed E-state index contributed by atoms with van der Waals surface area (Å²) < 4.78 is 6.04. The smallest absolute Gasteiger partial charge is 0.127 e. The Morgan fingerprint density at radius 1 is 0.773 bits per heavy atom. The van der Waals surface area contributed by atoms with Crippen molar-refractivity contribution < 1.29 is 4.74 Å². The average molecular weight is 291 g/mol. The van der Waals surface area contributed by atoms with Gasteiger partial charge in [-0.15, -0.1) is 0 Å². The lowest BCUT2D eigenvalue weighted by Crippen LogP contribution is -2.01. The Bertz CT molecular complexity index is 737. The van der Waals surface area contributed by atoms with Crippen LogP contribution in [0, 0.1) is 0 Å². The second kappa shape index (κ2) is 7.10. The lowest BCUT2D eigenvalue weighted by atomic mass is 10.00. The van der Waals surface area contributed by atoms with Gasteiger partial charge < -0.3 is 10.5 Å². The third-order valence-electron chi connectivity index (χ3n) is 3.86. The summed E-state index contributed by atoms with van der Waals surface area (Å²) >= 11 is 0. The zero-order chi connectivity index (χ0) is 15.2. The van der Waals surface area contributed by atoms with E-state index in [0.717, 1.165) is 25.1 Å². The quantitative estimate of drug-likeness (QED) is 0.734. The fourth-order valence-corrected chi connectivity index (χ4v) is 2.71. The van der Waals surface area contributed by atoms with E-state index in [9.17, 15) is 0 Å². The third-order valence-corrected chi connectivity index (χ3v) is 3.86. The zero-order valence-electron chi connectivity index (χ0n) is 12.7. The molecule has 2 heteroatoms. The second-order valence-electron chi connectivity index (χ2n) is 5.43. The molecule has 0 radical (unpaired) electrons. The summed E-state index contributed by atoms with van der Waals surface area (Å²) in [5.74, 6) is 0.941. The molecule has 2 nitrogen and oxygen atoms in total. The molecule has 0 amide bonds. The molecule has 0 aromatic heterocycles. The fraction of sp³-hybridized carbons (Fsp3) is 0.200. The van der Waals surface area contributed by atoms with Crippen LogP contribution in [0.1, 0.15) is 17.5 Å². The Labute approximate surface area is 131 Å². The van der Waals surface area contributed by atoms with E-state index >= 15 is 0 Å². The highest BCUT2D eigenvalue weighted by atomic mass is 16.5. The number of fused-ring (bicyclic) bond motifs is 1. The van der Waals surface area contributed by atoms with Crippen molar-refractivity contribution in [2.75, 3.05) is 6.54 Å². The van der Waals surface area contributed by atoms with Gasteiger partial charge in [0.2, 0.25) is 0 Å². The van der Waals surface area contributed by atoms with Crippen LogP contribution in [0.25, 0.3) is 10.8 Å². The van der Waals surface area contributed by atoms with Gasteiger partial charge in [0.15, 0.2) is 0 Å². The molecule has 22 heavy (non-hydrogen) atoms. The topological polar surface area (TPSA) is 35.2 Å². The molecule has 0 aliphatic rings. The minimum atomic E-state index is 0.590. The normalized spacial score (nSPS) is 10.8. The first kappa shape index (κ1) is 14.6. The number of ether oxygens (including phenoxy) is 1. The maximum atomic E-state index is 6.04. The van der Waals surface area contributed by atoms with E-state index in [-0.39, 0.29) is 0 Å². The molecule has 0 saturated heterocycles. The molecule has 0 spiro atoms. The lowest BCUT2D eigenvalue weighted by molar-refractivity contribution is 0.310. The molecule has 3 aromatic carbocycles. The molecule has 0 aliphatic carbocycles. The largest absolute Gasteiger partial charge is 0.488 e. The van der Waals surface area contributed by atoms with Crippen molar-refractivity contribution in [3.63, 3.8) is 0 Å². The van der Waals surface area contributed by atoms with Crippen LogP contribution in [0.3, 0.4) is 0 Å². The molecule has 0 atom stereocenters. The van der Waals surface area contributed by atoms with Crippen molar-refractivity contribution in [1.29, 1.82) is 0 Å². The van der Waals surface area contributed by atoms with E-state index in [2.05, 4.69) is 48.5 Å². The first-order valence-corrected chi connectivity index (χ1v) is 7.76. The summed E-state index contributed by atoms with van der Waals surface area (Å²) in [5.41, 5.74) is 8.16. The van der Waals surface area contributed by atoms with Crippen LogP contribution in [0.2, 0.25) is 0 Å². The van der Waals surface area contributed by atoms with Crippen molar-refractivity contribution in [3.05, 3.63) is 77.9 Å². The first-order valence-electron chi connectivity index (χ1n) is 7.76. The van der Waals surface area contributed by atoms with Crippen LogP contribution in [0.15, 0.2) is 66.7 Å². The molecule has 3 aromatic rings. The highest BCUT2D eigenvalue weighted by molar-refractivity contribution is 5.91. The van der Waals surface area contributed by atoms with Gasteiger partial charge in [0.25, 0.3) is 0 Å². The number of rotatable bonds is 6. The zero-order valence-corrected chi connectivity index (χ0v) is 12.7. The Balaban J connectivity index is 1.87. The van der Waals surface area contributed by atoms with Crippen molar-refractivity contribution in [2.45, 2.75) is 19.4 Å². The monoisotopic (exact) mass is 291 g/mol. The van der Waals surface area contributed by atoms with Crippen LogP contribution in [-0.2, 0) is 13.0 Å². The van der Waals surface area contributed by atoms with E-state index in [1.165, 1.54) is 21.9 Å². The van der Waals surface area contributed by atoms with Gasteiger partial charge in [-0.3, -0.25) is 0 Å². The number of nitrogens with two attached hydrogens (primary N) is 1. The predicted molar refractivity (Wildman–Crippen MR) is 92.1 cm³/mol. The molecule has 112 valence electrons. The van der Waals surface area contributed by atoms with Gasteiger partial charge in [0.1, 0.15) is 12.4 Å². The minimum Gasteiger partial charge on any atom is -0.488 e. The van der Waals surface area contributed by atoms with E-state index in [1.807, 2.05) is 18.2 Å². The van der Waals surface area contributed by atoms with Gasteiger partial charge in [-0.2, -0.15) is 0 Å². The summed E-state index contributed by atoms with van der Waals surface area (Å²) in [6, 6.07) is 22.9. The predicted octanol–water partition coefficient (Wildman–Crippen LogP) is 4.31. The Morgan fingerprint density at radius 2 is 1.50 bits per heavy atom. The summed E-state index contributed by atoms with van der Waals surface area (Å²) in [4.78, 5) is 0. The van der Waals surface area contributed by atoms with Crippen molar-refractivity contribution in [1.82, 2.24) is 0 Å². The Kier molecular flexibility index (Phi) is 4.71. The Hall–Kier alpha value is -2.32. The highest BCUT2D eigenvalue weighted by Crippen LogP contribution is 2.29. The number of hydrogen-bond acceptors (Lipinski definition) is 2. The molecule has 2 N–H and O–H groups in total. The second-order valence-corrected chi connectivity index (χ2v) is 5.43. The molecule has 0 unspecified atom stereocenters. The van der Waals surface area contributed by atoms with Gasteiger partial charge in [0.05, 0.1) is 0 Å². The number of aryl methyl sites for hydroxylation is 1. The third kappa shape index (κ3) is 3.29. The maximum absolute atomic E-state index is 6.04. The standard InChI is InChI=1S/C20H21NO/c21-14-6-9-17-12-13-20(19-11-5-4-10-18(17)19)22-15-16-7-2-1-3-8-16/h1-5,7-8,10-13H,6,9,14-15,21H2. The summed E-state index contributed by atoms with van der Waals surface area (Å²) in [7, 11) is 0. The van der Waals surface area contributed by atoms with Crippen LogP contribution in [0.4, 0.5) is 0 Å². The van der Waals surface area contributed by atoms with Crippen molar-refractivity contribution in [2.24, 2.45) is 5.73 Å². The molecular formula is C20H21NO. The summed E-state index contributed by atoms with van der Waals surface area (Å²) in [6.45, 7) is 1.31. The Morgan fingerprint density at radius 3 is 2.27 bits per heavy atom. The molecule has 0 aliphatic heterocycles. The lowest BCUT2D eigenvalue weighted by Gasteiger charge is -2.12. The van der Waals surface area contributed by atoms with Gasteiger partial charge >= 0.3 is 0 Å². The fourth-order valence-electron chi connectivity index (χ4n) is 2.71. The molecule has 0 saturated carbocycles. The number of benzene rings is 3. The van der Waals surface area contributed by atoms with Gasteiger partial charge in [-0.25, -0.2) is 0 Å². The van der Waals surface area contributed by atoms with Gasteiger partial charge in [-0.05, 0) is 42.0 Å². The van der Waals surface area contributed by atoms with E-state index in [0.29, 0.717) is 6.61 Å². The van der Waals surface area contributed by atoms with E-state index in [1.54, 1.807) is 0 Å². The van der Waals surface area contributed by atoms with E-state index in [4.69, 9.17) is 10.5 Å². The van der Waals surface area contributed by atoms with Gasteiger partial charge in [0, 0.05) is 5.39 Å². The van der Waals surface area contributed by atoms with Crippen molar-refractivity contribution >= 4 is 10.8 Å². The van der Waals surface area contributed by atoms with Gasteiger partial charge in [-0.1, -0.05) is 60.7 Å². The molecule has 0 fully saturated rings. The van der Waals surface area contributed by atoms with Crippen LogP contribution < -0.4 is 10.5 Å². The van der Waals surface area contributed by atoms with Crippen LogP contribution in [0.5, 0.6) is 5.75 Å². The first-order chi connectivity index (χ1) is 10.9. The van der Waals surface area contributed by atoms with Crippen molar-refractivity contribution in [3.8, 4) is 5.75 Å². The SMILES string of the molecule is NCCCc1ccc(OCc2ccccc2)c2ccccc12. The maximum Gasteiger partial charge on any atom is 0.127 e. The minimum absolute atomic E-state index is 0.590. The molecule has 0 bridgehead atoms. The van der Waals surface area contributed by atoms with Crippen LogP contribution in [-0.4, -0.2) is 6.54 Å². The number of hydrogen-bond donors (Lipinski definition) is 1. The summed E-state index contributed by atoms with van der Waals surface area (Å²) in [6.07, 6.45) is 2.02. The van der Waals surface area contributed by atoms with E-state index < -0.39 is 0 Å².